The molecule has 1 aliphatic rings. The van der Waals surface area contributed by atoms with E-state index in [1.165, 1.54) is 0 Å². The lowest BCUT2D eigenvalue weighted by Crippen LogP contribution is -2.39. The number of hydrogen-bond acceptors (Lipinski definition) is 6. The van der Waals surface area contributed by atoms with Crippen LogP contribution in [0.1, 0.15) is 50.8 Å². The first-order valence-electron chi connectivity index (χ1n) is 13.7. The van der Waals surface area contributed by atoms with Gasteiger partial charge in [-0.2, -0.15) is 5.10 Å². The van der Waals surface area contributed by atoms with E-state index in [-0.39, 0.29) is 6.10 Å². The smallest absolute Gasteiger partial charge is 0.227 e. The van der Waals surface area contributed by atoms with Crippen LogP contribution in [0.2, 0.25) is 0 Å². The second-order valence-corrected chi connectivity index (χ2v) is 9.66. The summed E-state index contributed by atoms with van der Waals surface area (Å²) in [4.78, 5) is 2.27. The molecule has 1 aromatic heterocycles. The number of hydrogen-bond donors (Lipinski definition) is 1. The molecule has 7 nitrogen and oxygen atoms in total. The lowest BCUT2D eigenvalue weighted by molar-refractivity contribution is 0.00135. The van der Waals surface area contributed by atoms with Gasteiger partial charge in [0.05, 0.1) is 35.8 Å². The van der Waals surface area contributed by atoms with Gasteiger partial charge in [-0.25, -0.2) is 4.68 Å². The predicted octanol–water partition coefficient (Wildman–Crippen LogP) is 5.39. The maximum Gasteiger partial charge on any atom is 0.227 e. The van der Waals surface area contributed by atoms with Crippen molar-refractivity contribution in [3.05, 3.63) is 71.9 Å². The maximum absolute atomic E-state index is 10.8. The highest BCUT2D eigenvalue weighted by atomic mass is 16.5. The van der Waals surface area contributed by atoms with Gasteiger partial charge in [0, 0.05) is 32.8 Å². The monoisotopic (exact) mass is 507 g/mol. The van der Waals surface area contributed by atoms with Crippen molar-refractivity contribution < 1.29 is 19.3 Å². The molecule has 37 heavy (non-hydrogen) atoms. The van der Waals surface area contributed by atoms with E-state index in [1.807, 2.05) is 65.3 Å². The fourth-order valence-electron chi connectivity index (χ4n) is 4.69. The molecule has 1 fully saturated rings. The predicted molar refractivity (Wildman–Crippen MR) is 145 cm³/mol. The number of aliphatic hydroxyl groups excluding tert-OH is 1. The molecular formula is C30H41N3O4. The molecule has 1 aliphatic heterocycles. The highest BCUT2D eigenvalue weighted by molar-refractivity contribution is 5.43. The molecule has 0 spiro atoms. The van der Waals surface area contributed by atoms with Crippen molar-refractivity contribution in [2.45, 2.75) is 64.7 Å². The summed E-state index contributed by atoms with van der Waals surface area (Å²) in [7, 11) is 0. The number of benzene rings is 2. The Hall–Kier alpha value is -2.71. The average Bonchev–Trinajstić information content (AvgIpc) is 3.56. The van der Waals surface area contributed by atoms with Gasteiger partial charge >= 0.3 is 0 Å². The van der Waals surface area contributed by atoms with Crippen LogP contribution in [0.3, 0.4) is 0 Å². The van der Waals surface area contributed by atoms with Crippen LogP contribution >= 0.6 is 0 Å². The molecule has 2 heterocycles. The van der Waals surface area contributed by atoms with Gasteiger partial charge in [0.15, 0.2) is 0 Å². The molecule has 2 aromatic carbocycles. The Balaban J connectivity index is 1.62. The quantitative estimate of drug-likeness (QED) is 0.278. The highest BCUT2D eigenvalue weighted by Crippen LogP contribution is 2.32. The summed E-state index contributed by atoms with van der Waals surface area (Å²) in [6.45, 7) is 7.91. The zero-order valence-electron chi connectivity index (χ0n) is 22.2. The minimum absolute atomic E-state index is 0.168. The Morgan fingerprint density at radius 2 is 1.86 bits per heavy atom. The van der Waals surface area contributed by atoms with Crippen molar-refractivity contribution in [2.24, 2.45) is 0 Å². The third-order valence-electron chi connectivity index (χ3n) is 6.60. The largest absolute Gasteiger partial charge is 0.439 e. The fraction of sp³-hybridized carbons (Fsp3) is 0.500. The molecule has 2 atom stereocenters. The molecule has 200 valence electrons. The van der Waals surface area contributed by atoms with Crippen molar-refractivity contribution in [3.8, 4) is 17.3 Å². The summed E-state index contributed by atoms with van der Waals surface area (Å²) in [5.74, 6) is 1.47. The molecule has 0 aliphatic carbocycles. The van der Waals surface area contributed by atoms with Gasteiger partial charge < -0.3 is 19.3 Å². The molecule has 1 saturated heterocycles. The second kappa shape index (κ2) is 14.3. The van der Waals surface area contributed by atoms with Gasteiger partial charge in [-0.15, -0.1) is 0 Å². The van der Waals surface area contributed by atoms with E-state index < -0.39 is 6.10 Å². The van der Waals surface area contributed by atoms with Crippen molar-refractivity contribution in [2.75, 3.05) is 32.9 Å². The first-order valence-corrected chi connectivity index (χ1v) is 13.7. The Kier molecular flexibility index (Phi) is 10.6. The summed E-state index contributed by atoms with van der Waals surface area (Å²) in [6.07, 6.45) is 4.57. The van der Waals surface area contributed by atoms with Gasteiger partial charge in [-0.05, 0) is 49.9 Å². The lowest BCUT2D eigenvalue weighted by Gasteiger charge is -2.27. The number of aromatic nitrogens is 2. The molecule has 1 N–H and O–H groups in total. The van der Waals surface area contributed by atoms with Crippen LogP contribution in [0.4, 0.5) is 0 Å². The Morgan fingerprint density at radius 1 is 1.11 bits per heavy atom. The van der Waals surface area contributed by atoms with Crippen molar-refractivity contribution in [1.82, 2.24) is 14.7 Å². The van der Waals surface area contributed by atoms with E-state index in [0.29, 0.717) is 32.2 Å². The molecule has 0 radical (unpaired) electrons. The zero-order chi connectivity index (χ0) is 25.9. The van der Waals surface area contributed by atoms with E-state index in [4.69, 9.17) is 19.3 Å². The van der Waals surface area contributed by atoms with Gasteiger partial charge in [0.2, 0.25) is 5.88 Å². The molecule has 0 saturated carbocycles. The summed E-state index contributed by atoms with van der Waals surface area (Å²) in [6, 6.07) is 19.9. The van der Waals surface area contributed by atoms with Gasteiger partial charge in [0.25, 0.3) is 0 Å². The standard InChI is InChI=1S/C30H41N3O4/c1-3-5-18-35-23-25(34)20-32(21-27-17-12-19-36-27)22-28-29(4-2)31-33(24-13-8-6-9-14-24)30(28)37-26-15-10-7-11-16-26/h6-11,13-16,25,27,34H,3-5,12,17-23H2,1-2H3/t25-,27-/m1/s1. The Bertz CT molecular complexity index is 1050. The van der Waals surface area contributed by atoms with Crippen LogP contribution < -0.4 is 4.74 Å². The molecule has 0 amide bonds. The number of ether oxygens (including phenoxy) is 3. The number of unbranched alkanes of at least 4 members (excludes halogenated alkanes) is 1. The number of aryl methyl sites for hydroxylation is 1. The Labute approximate surface area is 221 Å². The normalized spacial score (nSPS) is 16.4. The van der Waals surface area contributed by atoms with Crippen molar-refractivity contribution >= 4 is 0 Å². The zero-order valence-corrected chi connectivity index (χ0v) is 22.2. The Morgan fingerprint density at radius 3 is 2.54 bits per heavy atom. The highest BCUT2D eigenvalue weighted by Gasteiger charge is 2.26. The fourth-order valence-corrected chi connectivity index (χ4v) is 4.69. The molecule has 3 aromatic rings. The first-order chi connectivity index (χ1) is 18.2. The summed E-state index contributed by atoms with van der Waals surface area (Å²) in [5, 5.41) is 15.8. The molecule has 0 bridgehead atoms. The maximum atomic E-state index is 10.8. The van der Waals surface area contributed by atoms with Crippen molar-refractivity contribution in [3.63, 3.8) is 0 Å². The van der Waals surface area contributed by atoms with Crippen LogP contribution in [-0.2, 0) is 22.4 Å². The van der Waals surface area contributed by atoms with Crippen molar-refractivity contribution in [1.29, 1.82) is 0 Å². The molecule has 0 unspecified atom stereocenters. The molecular weight excluding hydrogens is 466 g/mol. The van der Waals surface area contributed by atoms with E-state index >= 15 is 0 Å². The van der Waals surface area contributed by atoms with E-state index in [2.05, 4.69) is 18.7 Å². The van der Waals surface area contributed by atoms with Crippen LogP contribution in [0, 0.1) is 0 Å². The molecule has 7 heteroatoms. The minimum atomic E-state index is -0.578. The SMILES string of the molecule is CCCCOC[C@H](O)CN(Cc1c(CC)nn(-c2ccccc2)c1Oc1ccccc1)C[C@H]1CCCO1. The summed E-state index contributed by atoms with van der Waals surface area (Å²) >= 11 is 0. The van der Waals surface area contributed by atoms with Gasteiger partial charge in [-0.1, -0.05) is 56.7 Å². The third-order valence-corrected chi connectivity index (χ3v) is 6.60. The first kappa shape index (κ1) is 27.3. The summed E-state index contributed by atoms with van der Waals surface area (Å²) in [5.41, 5.74) is 2.97. The molecule has 4 rings (SSSR count). The number of nitrogens with zero attached hydrogens (tertiary/aromatic N) is 3. The lowest BCUT2D eigenvalue weighted by atomic mass is 10.1. The van der Waals surface area contributed by atoms with Gasteiger partial charge in [-0.3, -0.25) is 4.90 Å². The van der Waals surface area contributed by atoms with Crippen LogP contribution in [0.25, 0.3) is 5.69 Å². The van der Waals surface area contributed by atoms with Gasteiger partial charge in [0.1, 0.15) is 5.75 Å². The third kappa shape index (κ3) is 7.89. The van der Waals surface area contributed by atoms with E-state index in [0.717, 1.165) is 68.0 Å². The topological polar surface area (TPSA) is 69.0 Å². The average molecular weight is 508 g/mol. The van der Waals surface area contributed by atoms with E-state index in [1.54, 1.807) is 0 Å². The number of rotatable bonds is 15. The number of para-hydroxylation sites is 2. The summed E-state index contributed by atoms with van der Waals surface area (Å²) < 4.78 is 20.1. The van der Waals surface area contributed by atoms with Crippen LogP contribution in [0.5, 0.6) is 11.6 Å². The van der Waals surface area contributed by atoms with E-state index in [9.17, 15) is 5.11 Å². The van der Waals surface area contributed by atoms with Crippen LogP contribution in [0.15, 0.2) is 60.7 Å². The number of aliphatic hydroxyl groups is 1. The van der Waals surface area contributed by atoms with Crippen LogP contribution in [-0.4, -0.2) is 64.9 Å². The minimum Gasteiger partial charge on any atom is -0.439 e. The second-order valence-electron chi connectivity index (χ2n) is 9.66.